The van der Waals surface area contributed by atoms with Gasteiger partial charge in [-0.05, 0) is 18.4 Å². The second-order valence-corrected chi connectivity index (χ2v) is 6.96. The maximum atomic E-state index is 11.9. The Morgan fingerprint density at radius 2 is 2.05 bits per heavy atom. The standard InChI is InChI=1S/C17H21N3O2/c1-17(2)14(11-18)19-10-6-9-13(19)16(20(21)22)15(17)12-7-4-3-5-8-12/h3-5,7-8,13-16H,6,9-10H2,1-2H3. The second-order valence-electron chi connectivity index (χ2n) is 6.96. The first-order valence-corrected chi connectivity index (χ1v) is 7.82. The summed E-state index contributed by atoms with van der Waals surface area (Å²) in [5.41, 5.74) is 0.510. The molecular weight excluding hydrogens is 278 g/mol. The molecule has 2 aliphatic rings. The van der Waals surface area contributed by atoms with Crippen molar-refractivity contribution in [3.05, 3.63) is 46.0 Å². The molecule has 1 aromatic carbocycles. The quantitative estimate of drug-likeness (QED) is 0.622. The number of rotatable bonds is 2. The summed E-state index contributed by atoms with van der Waals surface area (Å²) in [7, 11) is 0. The Labute approximate surface area is 130 Å². The Balaban J connectivity index is 2.14. The number of benzene rings is 1. The molecular formula is C17H21N3O2. The second kappa shape index (κ2) is 5.36. The predicted octanol–water partition coefficient (Wildman–Crippen LogP) is 2.81. The molecule has 2 saturated heterocycles. The molecule has 4 atom stereocenters. The van der Waals surface area contributed by atoms with E-state index >= 15 is 0 Å². The summed E-state index contributed by atoms with van der Waals surface area (Å²) in [6, 6.07) is 11.1. The van der Waals surface area contributed by atoms with Crippen LogP contribution in [0.15, 0.2) is 30.3 Å². The van der Waals surface area contributed by atoms with Crippen LogP contribution in [0.5, 0.6) is 0 Å². The van der Waals surface area contributed by atoms with Gasteiger partial charge in [-0.15, -0.1) is 0 Å². The number of fused-ring (bicyclic) bond motifs is 1. The van der Waals surface area contributed by atoms with Crippen molar-refractivity contribution in [3.8, 4) is 6.07 Å². The topological polar surface area (TPSA) is 70.2 Å². The van der Waals surface area contributed by atoms with Gasteiger partial charge in [0.05, 0.1) is 18.0 Å². The number of hydrogen-bond acceptors (Lipinski definition) is 4. The number of piperidine rings is 1. The van der Waals surface area contributed by atoms with Crippen molar-refractivity contribution < 1.29 is 4.92 Å². The molecule has 2 heterocycles. The maximum Gasteiger partial charge on any atom is 0.235 e. The average Bonchev–Trinajstić information content (AvgIpc) is 2.94. The van der Waals surface area contributed by atoms with Crippen molar-refractivity contribution in [1.29, 1.82) is 5.26 Å². The van der Waals surface area contributed by atoms with Crippen LogP contribution in [0.25, 0.3) is 0 Å². The van der Waals surface area contributed by atoms with Crippen LogP contribution >= 0.6 is 0 Å². The van der Waals surface area contributed by atoms with Gasteiger partial charge in [-0.25, -0.2) is 0 Å². The molecule has 0 bridgehead atoms. The predicted molar refractivity (Wildman–Crippen MR) is 82.9 cm³/mol. The van der Waals surface area contributed by atoms with Gasteiger partial charge < -0.3 is 0 Å². The fourth-order valence-electron chi connectivity index (χ4n) is 4.55. The van der Waals surface area contributed by atoms with Crippen molar-refractivity contribution >= 4 is 0 Å². The molecule has 4 unspecified atom stereocenters. The SMILES string of the molecule is CC1(C)C(c2ccccc2)C([N+](=O)[O-])C2CCCN2C1C#N. The molecule has 0 aromatic heterocycles. The summed E-state index contributed by atoms with van der Waals surface area (Å²) in [5, 5.41) is 21.6. The average molecular weight is 299 g/mol. The normalized spacial score (nSPS) is 33.9. The minimum atomic E-state index is -0.649. The lowest BCUT2D eigenvalue weighted by Crippen LogP contribution is -2.63. The van der Waals surface area contributed by atoms with Gasteiger partial charge >= 0.3 is 0 Å². The minimum Gasteiger partial charge on any atom is -0.278 e. The molecule has 0 amide bonds. The van der Waals surface area contributed by atoms with E-state index in [9.17, 15) is 15.4 Å². The Morgan fingerprint density at radius 1 is 1.36 bits per heavy atom. The van der Waals surface area contributed by atoms with Crippen LogP contribution in [0.3, 0.4) is 0 Å². The molecule has 116 valence electrons. The highest BCUT2D eigenvalue weighted by Crippen LogP contribution is 2.51. The molecule has 3 rings (SSSR count). The number of nitrogens with zero attached hydrogens (tertiary/aromatic N) is 3. The molecule has 22 heavy (non-hydrogen) atoms. The molecule has 2 fully saturated rings. The van der Waals surface area contributed by atoms with Crippen molar-refractivity contribution in [2.24, 2.45) is 5.41 Å². The largest absolute Gasteiger partial charge is 0.278 e. The summed E-state index contributed by atoms with van der Waals surface area (Å²) in [4.78, 5) is 13.8. The van der Waals surface area contributed by atoms with Crippen LogP contribution in [0, 0.1) is 26.9 Å². The van der Waals surface area contributed by atoms with Crippen LogP contribution in [-0.2, 0) is 0 Å². The summed E-state index contributed by atoms with van der Waals surface area (Å²) in [6.45, 7) is 4.80. The third-order valence-corrected chi connectivity index (χ3v) is 5.44. The Hall–Kier alpha value is -1.93. The number of hydrogen-bond donors (Lipinski definition) is 0. The molecule has 0 radical (unpaired) electrons. The van der Waals surface area contributed by atoms with E-state index in [2.05, 4.69) is 11.0 Å². The summed E-state index contributed by atoms with van der Waals surface area (Å²) in [6.07, 6.45) is 1.74. The summed E-state index contributed by atoms with van der Waals surface area (Å²) < 4.78 is 0. The van der Waals surface area contributed by atoms with Crippen molar-refractivity contribution in [2.45, 2.75) is 50.7 Å². The zero-order valence-electron chi connectivity index (χ0n) is 13.0. The molecule has 1 aromatic rings. The first kappa shape index (κ1) is 15.0. The van der Waals surface area contributed by atoms with E-state index in [1.54, 1.807) is 0 Å². The van der Waals surface area contributed by atoms with Gasteiger partial charge in [0, 0.05) is 16.9 Å². The zero-order chi connectivity index (χ0) is 15.9. The zero-order valence-corrected chi connectivity index (χ0v) is 13.0. The van der Waals surface area contributed by atoms with E-state index in [4.69, 9.17) is 0 Å². The van der Waals surface area contributed by atoms with Crippen molar-refractivity contribution in [3.63, 3.8) is 0 Å². The van der Waals surface area contributed by atoms with Crippen molar-refractivity contribution in [2.75, 3.05) is 6.54 Å². The Bertz CT molecular complexity index is 608. The van der Waals surface area contributed by atoms with Crippen molar-refractivity contribution in [1.82, 2.24) is 4.90 Å². The molecule has 5 heteroatoms. The van der Waals surface area contributed by atoms with Crippen LogP contribution in [0.4, 0.5) is 0 Å². The minimum absolute atomic E-state index is 0.115. The van der Waals surface area contributed by atoms with E-state index in [1.807, 2.05) is 44.2 Å². The first-order valence-electron chi connectivity index (χ1n) is 7.82. The van der Waals surface area contributed by atoms with Gasteiger partial charge in [-0.1, -0.05) is 44.2 Å². The van der Waals surface area contributed by atoms with E-state index in [0.717, 1.165) is 24.9 Å². The number of nitro groups is 1. The summed E-state index contributed by atoms with van der Waals surface area (Å²) >= 11 is 0. The lowest BCUT2D eigenvalue weighted by atomic mass is 9.62. The molecule has 0 N–H and O–H groups in total. The number of nitriles is 1. The fraction of sp³-hybridized carbons (Fsp3) is 0.588. The maximum absolute atomic E-state index is 11.9. The summed E-state index contributed by atoms with van der Waals surface area (Å²) in [5.74, 6) is -0.243. The molecule has 0 spiro atoms. The van der Waals surface area contributed by atoms with Gasteiger partial charge in [-0.3, -0.25) is 15.0 Å². The first-order chi connectivity index (χ1) is 10.5. The van der Waals surface area contributed by atoms with Gasteiger partial charge in [-0.2, -0.15) is 5.26 Å². The molecule has 0 aliphatic carbocycles. The van der Waals surface area contributed by atoms with E-state index in [0.29, 0.717) is 0 Å². The Kier molecular flexibility index (Phi) is 3.65. The van der Waals surface area contributed by atoms with E-state index in [1.165, 1.54) is 0 Å². The van der Waals surface area contributed by atoms with Crippen LogP contribution in [0.1, 0.15) is 38.2 Å². The van der Waals surface area contributed by atoms with E-state index in [-0.39, 0.29) is 22.9 Å². The van der Waals surface area contributed by atoms with Crippen LogP contribution in [-0.4, -0.2) is 34.5 Å². The van der Waals surface area contributed by atoms with Gasteiger partial charge in [0.25, 0.3) is 0 Å². The highest BCUT2D eigenvalue weighted by molar-refractivity contribution is 5.29. The molecule has 5 nitrogen and oxygen atoms in total. The molecule has 2 aliphatic heterocycles. The fourth-order valence-corrected chi connectivity index (χ4v) is 4.55. The van der Waals surface area contributed by atoms with E-state index < -0.39 is 11.5 Å². The Morgan fingerprint density at radius 3 is 2.64 bits per heavy atom. The van der Waals surface area contributed by atoms with Crippen LogP contribution < -0.4 is 0 Å². The lowest BCUT2D eigenvalue weighted by Gasteiger charge is -2.50. The van der Waals surface area contributed by atoms with Gasteiger partial charge in [0.2, 0.25) is 6.04 Å². The van der Waals surface area contributed by atoms with Gasteiger partial charge in [0.15, 0.2) is 0 Å². The van der Waals surface area contributed by atoms with Gasteiger partial charge in [0.1, 0.15) is 6.04 Å². The van der Waals surface area contributed by atoms with Crippen LogP contribution in [0.2, 0.25) is 0 Å². The lowest BCUT2D eigenvalue weighted by molar-refractivity contribution is -0.542. The molecule has 0 saturated carbocycles. The monoisotopic (exact) mass is 299 g/mol. The third-order valence-electron chi connectivity index (χ3n) is 5.44. The smallest absolute Gasteiger partial charge is 0.235 e. The highest BCUT2D eigenvalue weighted by atomic mass is 16.6. The third kappa shape index (κ3) is 2.10. The highest BCUT2D eigenvalue weighted by Gasteiger charge is 2.60.